The zero-order valence-corrected chi connectivity index (χ0v) is 15.6. The highest BCUT2D eigenvalue weighted by atomic mass is 35.5. The number of nitrogens with one attached hydrogen (secondary N) is 2. The molecule has 26 heavy (non-hydrogen) atoms. The van der Waals surface area contributed by atoms with Crippen LogP contribution in [0.25, 0.3) is 0 Å². The van der Waals surface area contributed by atoms with Gasteiger partial charge in [0.25, 0.3) is 5.91 Å². The molecule has 0 radical (unpaired) electrons. The molecule has 0 aliphatic carbocycles. The van der Waals surface area contributed by atoms with Crippen LogP contribution >= 0.6 is 23.2 Å². The lowest BCUT2D eigenvalue weighted by molar-refractivity contribution is 0.0950. The number of aryl methyl sites for hydroxylation is 1. The van der Waals surface area contributed by atoms with Crippen LogP contribution in [0.4, 0.5) is 11.4 Å². The van der Waals surface area contributed by atoms with Crippen LogP contribution in [-0.2, 0) is 6.54 Å². The minimum absolute atomic E-state index is 0.191. The predicted octanol–water partition coefficient (Wildman–Crippen LogP) is 5.37. The van der Waals surface area contributed by atoms with Crippen molar-refractivity contribution in [3.05, 3.63) is 87.7 Å². The molecule has 0 fully saturated rings. The molecule has 0 bridgehead atoms. The molecule has 1 amide bonds. The van der Waals surface area contributed by atoms with Gasteiger partial charge in [0.15, 0.2) is 0 Å². The van der Waals surface area contributed by atoms with Crippen molar-refractivity contribution in [1.29, 1.82) is 0 Å². The lowest BCUT2D eigenvalue weighted by Gasteiger charge is -2.11. The van der Waals surface area contributed by atoms with Gasteiger partial charge < -0.3 is 10.6 Å². The highest BCUT2D eigenvalue weighted by molar-refractivity contribution is 6.31. The molecule has 0 spiro atoms. The SMILES string of the molecule is Cc1cc(Cl)ccc1Nc1cncc(C(=O)NCc2ccc(Cl)cc2)c1. The van der Waals surface area contributed by atoms with Gasteiger partial charge in [0.1, 0.15) is 0 Å². The Morgan fingerprint density at radius 3 is 2.46 bits per heavy atom. The van der Waals surface area contributed by atoms with Crippen molar-refractivity contribution in [2.75, 3.05) is 5.32 Å². The van der Waals surface area contributed by atoms with Crippen LogP contribution in [0, 0.1) is 6.92 Å². The molecule has 4 nitrogen and oxygen atoms in total. The molecule has 132 valence electrons. The van der Waals surface area contributed by atoms with Crippen molar-refractivity contribution in [2.24, 2.45) is 0 Å². The molecule has 0 aliphatic heterocycles. The van der Waals surface area contributed by atoms with Crippen molar-refractivity contribution >= 4 is 40.5 Å². The van der Waals surface area contributed by atoms with Crippen LogP contribution < -0.4 is 10.6 Å². The first-order valence-corrected chi connectivity index (χ1v) is 8.78. The number of halogens is 2. The number of pyridine rings is 1. The lowest BCUT2D eigenvalue weighted by Crippen LogP contribution is -2.23. The monoisotopic (exact) mass is 385 g/mol. The summed E-state index contributed by atoms with van der Waals surface area (Å²) in [7, 11) is 0. The van der Waals surface area contributed by atoms with Crippen molar-refractivity contribution < 1.29 is 4.79 Å². The van der Waals surface area contributed by atoms with Gasteiger partial charge in [0.2, 0.25) is 0 Å². The molecule has 0 saturated heterocycles. The fourth-order valence-electron chi connectivity index (χ4n) is 2.44. The van der Waals surface area contributed by atoms with Gasteiger partial charge in [-0.3, -0.25) is 9.78 Å². The number of hydrogen-bond donors (Lipinski definition) is 2. The van der Waals surface area contributed by atoms with Crippen LogP contribution in [0.15, 0.2) is 60.9 Å². The molecule has 1 aromatic heterocycles. The zero-order chi connectivity index (χ0) is 18.5. The van der Waals surface area contributed by atoms with E-state index in [1.54, 1.807) is 24.4 Å². The summed E-state index contributed by atoms with van der Waals surface area (Å²) < 4.78 is 0. The van der Waals surface area contributed by atoms with Crippen LogP contribution in [0.1, 0.15) is 21.5 Å². The van der Waals surface area contributed by atoms with E-state index >= 15 is 0 Å². The summed E-state index contributed by atoms with van der Waals surface area (Å²) in [6.45, 7) is 2.38. The largest absolute Gasteiger partial charge is 0.354 e. The highest BCUT2D eigenvalue weighted by Gasteiger charge is 2.08. The summed E-state index contributed by atoms with van der Waals surface area (Å²) in [5.74, 6) is -0.191. The van der Waals surface area contributed by atoms with Crippen LogP contribution in [0.5, 0.6) is 0 Å². The Kier molecular flexibility index (Phi) is 5.76. The number of hydrogen-bond acceptors (Lipinski definition) is 3. The average molecular weight is 386 g/mol. The first-order valence-electron chi connectivity index (χ1n) is 8.02. The molecule has 0 unspecified atom stereocenters. The van der Waals surface area contributed by atoms with E-state index in [2.05, 4.69) is 15.6 Å². The number of anilines is 2. The van der Waals surface area contributed by atoms with Crippen molar-refractivity contribution in [3.8, 4) is 0 Å². The minimum Gasteiger partial charge on any atom is -0.354 e. The summed E-state index contributed by atoms with van der Waals surface area (Å²) in [6.07, 6.45) is 3.21. The normalized spacial score (nSPS) is 10.4. The Balaban J connectivity index is 1.68. The van der Waals surface area contributed by atoms with E-state index in [0.29, 0.717) is 22.2 Å². The smallest absolute Gasteiger partial charge is 0.253 e. The van der Waals surface area contributed by atoms with Gasteiger partial charge in [-0.2, -0.15) is 0 Å². The van der Waals surface area contributed by atoms with Gasteiger partial charge in [0.05, 0.1) is 17.4 Å². The van der Waals surface area contributed by atoms with Gasteiger partial charge in [-0.1, -0.05) is 35.3 Å². The molecule has 3 rings (SSSR count). The minimum atomic E-state index is -0.191. The Bertz CT molecular complexity index is 927. The second kappa shape index (κ2) is 8.21. The quantitative estimate of drug-likeness (QED) is 0.620. The Morgan fingerprint density at radius 2 is 1.73 bits per heavy atom. The number of nitrogens with zero attached hydrogens (tertiary/aromatic N) is 1. The lowest BCUT2D eigenvalue weighted by atomic mass is 10.2. The third-order valence-corrected chi connectivity index (χ3v) is 4.32. The summed E-state index contributed by atoms with van der Waals surface area (Å²) in [4.78, 5) is 16.5. The van der Waals surface area contributed by atoms with Gasteiger partial charge >= 0.3 is 0 Å². The molecule has 3 aromatic rings. The number of carbonyl (C=O) groups excluding carboxylic acids is 1. The van der Waals surface area contributed by atoms with E-state index < -0.39 is 0 Å². The maximum Gasteiger partial charge on any atom is 0.253 e. The first-order chi connectivity index (χ1) is 12.5. The van der Waals surface area contributed by atoms with E-state index in [-0.39, 0.29) is 5.91 Å². The molecule has 2 aromatic carbocycles. The molecule has 0 saturated carbocycles. The third kappa shape index (κ3) is 4.75. The maximum absolute atomic E-state index is 12.4. The Labute approximate surface area is 162 Å². The summed E-state index contributed by atoms with van der Waals surface area (Å²) in [6, 6.07) is 14.7. The van der Waals surface area contributed by atoms with E-state index in [4.69, 9.17) is 23.2 Å². The fourth-order valence-corrected chi connectivity index (χ4v) is 2.79. The van der Waals surface area contributed by atoms with Gasteiger partial charge in [-0.25, -0.2) is 0 Å². The Morgan fingerprint density at radius 1 is 1.00 bits per heavy atom. The molecule has 6 heteroatoms. The van der Waals surface area contributed by atoms with Gasteiger partial charge in [-0.05, 0) is 54.4 Å². The van der Waals surface area contributed by atoms with E-state index in [9.17, 15) is 4.79 Å². The number of rotatable bonds is 5. The fraction of sp³-hybridized carbons (Fsp3) is 0.100. The number of aromatic nitrogens is 1. The number of benzene rings is 2. The van der Waals surface area contributed by atoms with E-state index in [1.165, 1.54) is 6.20 Å². The van der Waals surface area contributed by atoms with Crippen molar-refractivity contribution in [3.63, 3.8) is 0 Å². The summed E-state index contributed by atoms with van der Waals surface area (Å²) >= 11 is 11.8. The second-order valence-electron chi connectivity index (χ2n) is 5.86. The van der Waals surface area contributed by atoms with Crippen LogP contribution in [0.3, 0.4) is 0 Å². The standard InChI is InChI=1S/C20H17Cl2N3O/c1-13-8-17(22)6-7-19(13)25-18-9-15(11-23-12-18)20(26)24-10-14-2-4-16(21)5-3-14/h2-9,11-12,25H,10H2,1H3,(H,24,26). The Hall–Kier alpha value is -2.56. The first kappa shape index (κ1) is 18.2. The van der Waals surface area contributed by atoms with Crippen molar-refractivity contribution in [1.82, 2.24) is 10.3 Å². The number of amides is 1. The molecule has 1 heterocycles. The topological polar surface area (TPSA) is 54.0 Å². The average Bonchev–Trinajstić information content (AvgIpc) is 2.63. The molecular weight excluding hydrogens is 369 g/mol. The number of carbonyl (C=O) groups is 1. The molecule has 0 atom stereocenters. The molecule has 0 aliphatic rings. The van der Waals surface area contributed by atoms with Crippen molar-refractivity contribution in [2.45, 2.75) is 13.5 Å². The van der Waals surface area contributed by atoms with Gasteiger partial charge in [0, 0.05) is 28.5 Å². The zero-order valence-electron chi connectivity index (χ0n) is 14.1. The predicted molar refractivity (Wildman–Crippen MR) is 106 cm³/mol. The highest BCUT2D eigenvalue weighted by Crippen LogP contribution is 2.23. The second-order valence-corrected chi connectivity index (χ2v) is 6.73. The van der Waals surface area contributed by atoms with Crippen LogP contribution in [0.2, 0.25) is 10.0 Å². The third-order valence-electron chi connectivity index (χ3n) is 3.83. The molecule has 2 N–H and O–H groups in total. The summed E-state index contributed by atoms with van der Waals surface area (Å²) in [5, 5.41) is 7.49. The van der Waals surface area contributed by atoms with Crippen LogP contribution in [-0.4, -0.2) is 10.9 Å². The maximum atomic E-state index is 12.4. The molecular formula is C20H17Cl2N3O. The summed E-state index contributed by atoms with van der Waals surface area (Å²) in [5.41, 5.74) is 4.11. The van der Waals surface area contributed by atoms with Gasteiger partial charge in [-0.15, -0.1) is 0 Å². The van der Waals surface area contributed by atoms with E-state index in [0.717, 1.165) is 22.5 Å². The van der Waals surface area contributed by atoms with E-state index in [1.807, 2.05) is 37.3 Å².